The van der Waals surface area contributed by atoms with Crippen molar-refractivity contribution in [3.63, 3.8) is 0 Å². The van der Waals surface area contributed by atoms with Gasteiger partial charge < -0.3 is 4.74 Å². The average Bonchev–Trinajstić information content (AvgIpc) is 2.51. The maximum absolute atomic E-state index is 12.3. The van der Waals surface area contributed by atoms with Crippen LogP contribution in [-0.4, -0.2) is 15.9 Å². The van der Waals surface area contributed by atoms with E-state index in [1.807, 2.05) is 37.3 Å². The minimum absolute atomic E-state index is 0.0130. The highest BCUT2D eigenvalue weighted by Crippen LogP contribution is 2.23. The molecule has 0 N–H and O–H groups in total. The van der Waals surface area contributed by atoms with Crippen LogP contribution in [0.3, 0.4) is 0 Å². The molecule has 2 aromatic heterocycles. The molecule has 3 rings (SSSR count). The fourth-order valence-electron chi connectivity index (χ4n) is 2.49. The Bertz CT molecular complexity index is 918. The standard InChI is InChI=1S/C18H14Cl2N2O2/c1-10-7-11(2)21-17(20)15(10)18(23)24-9-13-8-12-5-3-4-6-14(12)22-16(13)19/h3-8H,9H2,1-2H3. The molecule has 0 bridgehead atoms. The van der Waals surface area contributed by atoms with Crippen LogP contribution >= 0.6 is 23.2 Å². The van der Waals surface area contributed by atoms with Crippen molar-refractivity contribution in [1.82, 2.24) is 9.97 Å². The summed E-state index contributed by atoms with van der Waals surface area (Å²) in [6.45, 7) is 3.62. The molecule has 0 atom stereocenters. The summed E-state index contributed by atoms with van der Waals surface area (Å²) in [5, 5.41) is 1.38. The van der Waals surface area contributed by atoms with E-state index in [4.69, 9.17) is 27.9 Å². The van der Waals surface area contributed by atoms with E-state index in [2.05, 4.69) is 9.97 Å². The summed E-state index contributed by atoms with van der Waals surface area (Å²) in [6, 6.07) is 11.2. The number of carbonyl (C=O) groups is 1. The Hall–Kier alpha value is -2.17. The van der Waals surface area contributed by atoms with E-state index in [9.17, 15) is 4.79 Å². The SMILES string of the molecule is Cc1cc(C)c(C(=O)OCc2cc3ccccc3nc2Cl)c(Cl)n1. The molecule has 1 aromatic carbocycles. The number of para-hydroxylation sites is 1. The normalized spacial score (nSPS) is 10.8. The van der Waals surface area contributed by atoms with Gasteiger partial charge >= 0.3 is 5.97 Å². The van der Waals surface area contributed by atoms with Gasteiger partial charge in [-0.15, -0.1) is 0 Å². The number of halogens is 2. The van der Waals surface area contributed by atoms with E-state index in [1.54, 1.807) is 13.0 Å². The van der Waals surface area contributed by atoms with Crippen molar-refractivity contribution < 1.29 is 9.53 Å². The highest BCUT2D eigenvalue weighted by atomic mass is 35.5. The number of fused-ring (bicyclic) bond motifs is 1. The molecule has 0 saturated heterocycles. The molecule has 0 aliphatic heterocycles. The first-order chi connectivity index (χ1) is 11.5. The molecule has 3 aromatic rings. The summed E-state index contributed by atoms with van der Waals surface area (Å²) in [6.07, 6.45) is 0. The predicted molar refractivity (Wildman–Crippen MR) is 94.6 cm³/mol. The molecule has 122 valence electrons. The van der Waals surface area contributed by atoms with Crippen LogP contribution in [0.15, 0.2) is 36.4 Å². The predicted octanol–water partition coefficient (Wildman–Crippen LogP) is 4.91. The van der Waals surface area contributed by atoms with Crippen LogP contribution in [-0.2, 0) is 11.3 Å². The molecule has 2 heterocycles. The van der Waals surface area contributed by atoms with E-state index in [-0.39, 0.29) is 17.3 Å². The second-order valence-electron chi connectivity index (χ2n) is 5.45. The number of carbonyl (C=O) groups excluding carboxylic acids is 1. The molecule has 0 fully saturated rings. The summed E-state index contributed by atoms with van der Waals surface area (Å²) < 4.78 is 5.36. The summed E-state index contributed by atoms with van der Waals surface area (Å²) >= 11 is 12.2. The quantitative estimate of drug-likeness (QED) is 0.491. The van der Waals surface area contributed by atoms with Gasteiger partial charge in [-0.25, -0.2) is 14.8 Å². The lowest BCUT2D eigenvalue weighted by atomic mass is 10.1. The average molecular weight is 361 g/mol. The lowest BCUT2D eigenvalue weighted by molar-refractivity contribution is 0.0471. The molecule has 4 nitrogen and oxygen atoms in total. The van der Waals surface area contributed by atoms with Crippen LogP contribution in [0.4, 0.5) is 0 Å². The zero-order valence-electron chi connectivity index (χ0n) is 13.1. The second kappa shape index (κ2) is 6.75. The summed E-state index contributed by atoms with van der Waals surface area (Å²) in [5.41, 5.74) is 3.17. The molecule has 0 aliphatic carbocycles. The van der Waals surface area contributed by atoms with Gasteiger partial charge in [0.05, 0.1) is 11.1 Å². The monoisotopic (exact) mass is 360 g/mol. The van der Waals surface area contributed by atoms with Gasteiger partial charge in [-0.3, -0.25) is 0 Å². The summed E-state index contributed by atoms with van der Waals surface area (Å²) in [5.74, 6) is -0.533. The Morgan fingerprint density at radius 2 is 1.83 bits per heavy atom. The molecule has 0 aliphatic rings. The number of esters is 1. The Morgan fingerprint density at radius 1 is 1.08 bits per heavy atom. The molecule has 0 radical (unpaired) electrons. The van der Waals surface area contributed by atoms with Crippen molar-refractivity contribution in [3.8, 4) is 0 Å². The van der Waals surface area contributed by atoms with Gasteiger partial charge in [-0.1, -0.05) is 41.4 Å². The maximum Gasteiger partial charge on any atom is 0.341 e. The van der Waals surface area contributed by atoms with Crippen molar-refractivity contribution >= 4 is 40.1 Å². The van der Waals surface area contributed by atoms with Gasteiger partial charge in [0.15, 0.2) is 0 Å². The molecular formula is C18H14Cl2N2O2. The largest absolute Gasteiger partial charge is 0.457 e. The van der Waals surface area contributed by atoms with Crippen molar-refractivity contribution in [1.29, 1.82) is 0 Å². The Morgan fingerprint density at radius 3 is 2.58 bits per heavy atom. The van der Waals surface area contributed by atoms with Crippen molar-refractivity contribution in [2.75, 3.05) is 0 Å². The topological polar surface area (TPSA) is 52.1 Å². The van der Waals surface area contributed by atoms with Crippen molar-refractivity contribution in [3.05, 3.63) is 69.1 Å². The summed E-state index contributed by atoms with van der Waals surface area (Å²) in [7, 11) is 0. The van der Waals surface area contributed by atoms with Gasteiger partial charge in [-0.2, -0.15) is 0 Å². The van der Waals surface area contributed by atoms with E-state index in [0.717, 1.165) is 22.2 Å². The fourth-order valence-corrected chi connectivity index (χ4v) is 3.05. The molecule has 0 amide bonds. The highest BCUT2D eigenvalue weighted by Gasteiger charge is 2.18. The zero-order valence-corrected chi connectivity index (χ0v) is 14.6. The molecule has 0 unspecified atom stereocenters. The van der Waals surface area contributed by atoms with Crippen LogP contribution in [0.25, 0.3) is 10.9 Å². The number of hydrogen-bond acceptors (Lipinski definition) is 4. The number of rotatable bonds is 3. The third kappa shape index (κ3) is 3.35. The number of hydrogen-bond donors (Lipinski definition) is 0. The van der Waals surface area contributed by atoms with E-state index in [0.29, 0.717) is 10.7 Å². The van der Waals surface area contributed by atoms with Gasteiger partial charge in [0.1, 0.15) is 16.9 Å². The lowest BCUT2D eigenvalue weighted by Crippen LogP contribution is -2.10. The number of aromatic nitrogens is 2. The molecule has 6 heteroatoms. The van der Waals surface area contributed by atoms with Gasteiger partial charge in [0.25, 0.3) is 0 Å². The minimum Gasteiger partial charge on any atom is -0.457 e. The first-order valence-electron chi connectivity index (χ1n) is 7.30. The Balaban J connectivity index is 1.83. The summed E-state index contributed by atoms with van der Waals surface area (Å²) in [4.78, 5) is 20.7. The molecular weight excluding hydrogens is 347 g/mol. The van der Waals surface area contributed by atoms with Gasteiger partial charge in [-0.05, 0) is 37.6 Å². The number of ether oxygens (including phenoxy) is 1. The van der Waals surface area contributed by atoms with E-state index < -0.39 is 5.97 Å². The van der Waals surface area contributed by atoms with Gasteiger partial charge in [0.2, 0.25) is 0 Å². The third-order valence-corrected chi connectivity index (χ3v) is 4.21. The molecule has 24 heavy (non-hydrogen) atoms. The smallest absolute Gasteiger partial charge is 0.341 e. The van der Waals surface area contributed by atoms with Crippen LogP contribution in [0.2, 0.25) is 10.3 Å². The number of aryl methyl sites for hydroxylation is 2. The maximum atomic E-state index is 12.3. The third-order valence-electron chi connectivity index (χ3n) is 3.61. The number of benzene rings is 1. The molecule has 0 saturated carbocycles. The minimum atomic E-state index is -0.533. The van der Waals surface area contributed by atoms with E-state index >= 15 is 0 Å². The first-order valence-corrected chi connectivity index (χ1v) is 8.06. The van der Waals surface area contributed by atoms with Crippen LogP contribution < -0.4 is 0 Å². The highest BCUT2D eigenvalue weighted by molar-refractivity contribution is 6.32. The lowest BCUT2D eigenvalue weighted by Gasteiger charge is -2.10. The fraction of sp³-hybridized carbons (Fsp3) is 0.167. The van der Waals surface area contributed by atoms with Crippen molar-refractivity contribution in [2.24, 2.45) is 0 Å². The second-order valence-corrected chi connectivity index (χ2v) is 6.17. The van der Waals surface area contributed by atoms with E-state index in [1.165, 1.54) is 0 Å². The number of nitrogens with zero attached hydrogens (tertiary/aromatic N) is 2. The van der Waals surface area contributed by atoms with Gasteiger partial charge in [0, 0.05) is 16.6 Å². The van der Waals surface area contributed by atoms with Crippen LogP contribution in [0.1, 0.15) is 27.2 Å². The number of pyridine rings is 2. The first kappa shape index (κ1) is 16.7. The Labute approximate surface area is 149 Å². The van der Waals surface area contributed by atoms with Crippen LogP contribution in [0, 0.1) is 13.8 Å². The Kier molecular flexibility index (Phi) is 4.69. The molecule has 0 spiro atoms. The van der Waals surface area contributed by atoms with Crippen molar-refractivity contribution in [2.45, 2.75) is 20.5 Å². The zero-order chi connectivity index (χ0) is 17.3. The van der Waals surface area contributed by atoms with Crippen LogP contribution in [0.5, 0.6) is 0 Å².